The van der Waals surface area contributed by atoms with Crippen molar-refractivity contribution in [3.63, 3.8) is 0 Å². The first-order chi connectivity index (χ1) is 9.13. The van der Waals surface area contributed by atoms with Gasteiger partial charge in [0.25, 0.3) is 5.56 Å². The van der Waals surface area contributed by atoms with Crippen molar-refractivity contribution >= 4 is 10.9 Å². The fourth-order valence-corrected chi connectivity index (χ4v) is 2.64. The number of aryl methyl sites for hydroxylation is 1. The van der Waals surface area contributed by atoms with Crippen molar-refractivity contribution in [2.24, 2.45) is 5.73 Å². The lowest BCUT2D eigenvalue weighted by Gasteiger charge is -2.14. The summed E-state index contributed by atoms with van der Waals surface area (Å²) in [4.78, 5) is 21.7. The fraction of sp³-hybridized carbons (Fsp3) is 0.429. The van der Waals surface area contributed by atoms with E-state index in [-0.39, 0.29) is 11.6 Å². The number of aromatic amines is 1. The third-order valence-electron chi connectivity index (χ3n) is 3.67. The van der Waals surface area contributed by atoms with Crippen LogP contribution in [-0.4, -0.2) is 34.0 Å². The zero-order valence-electron chi connectivity index (χ0n) is 11.0. The SMILES string of the molecule is Cc1cccc2c(=O)[nH]c(CN3CC[C@@H](N)C3)nc12. The van der Waals surface area contributed by atoms with E-state index < -0.39 is 0 Å². The van der Waals surface area contributed by atoms with E-state index in [9.17, 15) is 4.79 Å². The molecule has 19 heavy (non-hydrogen) atoms. The minimum Gasteiger partial charge on any atom is -0.326 e. The highest BCUT2D eigenvalue weighted by Gasteiger charge is 2.20. The summed E-state index contributed by atoms with van der Waals surface area (Å²) in [7, 11) is 0. The molecule has 1 fully saturated rings. The molecule has 1 aromatic heterocycles. The number of hydrogen-bond donors (Lipinski definition) is 2. The average molecular weight is 258 g/mol. The largest absolute Gasteiger partial charge is 0.326 e. The van der Waals surface area contributed by atoms with Crippen LogP contribution in [0.15, 0.2) is 23.0 Å². The van der Waals surface area contributed by atoms with Gasteiger partial charge in [0.15, 0.2) is 0 Å². The van der Waals surface area contributed by atoms with Gasteiger partial charge in [0.2, 0.25) is 0 Å². The van der Waals surface area contributed by atoms with Crippen LogP contribution >= 0.6 is 0 Å². The zero-order valence-corrected chi connectivity index (χ0v) is 11.0. The number of fused-ring (bicyclic) bond motifs is 1. The molecule has 2 aromatic rings. The van der Waals surface area contributed by atoms with Gasteiger partial charge in [-0.15, -0.1) is 0 Å². The molecule has 3 rings (SSSR count). The van der Waals surface area contributed by atoms with Crippen LogP contribution in [0, 0.1) is 6.92 Å². The number of para-hydroxylation sites is 1. The van der Waals surface area contributed by atoms with Gasteiger partial charge in [-0.25, -0.2) is 4.98 Å². The molecule has 1 aliphatic rings. The van der Waals surface area contributed by atoms with E-state index in [1.165, 1.54) is 0 Å². The van der Waals surface area contributed by atoms with Crippen LogP contribution in [0.1, 0.15) is 17.8 Å². The maximum atomic E-state index is 12.1. The van der Waals surface area contributed by atoms with Gasteiger partial charge in [0.1, 0.15) is 5.82 Å². The Hall–Kier alpha value is -1.72. The third-order valence-corrected chi connectivity index (χ3v) is 3.67. The number of nitrogens with two attached hydrogens (primary N) is 1. The summed E-state index contributed by atoms with van der Waals surface area (Å²) in [5.41, 5.74) is 7.65. The summed E-state index contributed by atoms with van der Waals surface area (Å²) < 4.78 is 0. The van der Waals surface area contributed by atoms with Gasteiger partial charge in [0, 0.05) is 19.1 Å². The number of aromatic nitrogens is 2. The molecule has 2 heterocycles. The van der Waals surface area contributed by atoms with Gasteiger partial charge >= 0.3 is 0 Å². The van der Waals surface area contributed by atoms with Crippen LogP contribution in [0.5, 0.6) is 0 Å². The predicted octanol–water partition coefficient (Wildman–Crippen LogP) is 0.765. The Bertz CT molecular complexity index is 664. The van der Waals surface area contributed by atoms with Crippen molar-refractivity contribution in [3.8, 4) is 0 Å². The molecule has 1 saturated heterocycles. The molecular weight excluding hydrogens is 240 g/mol. The molecule has 0 bridgehead atoms. The van der Waals surface area contributed by atoms with Gasteiger partial charge in [0.05, 0.1) is 17.4 Å². The highest BCUT2D eigenvalue weighted by Crippen LogP contribution is 2.14. The normalized spacial score (nSPS) is 20.2. The van der Waals surface area contributed by atoms with E-state index in [4.69, 9.17) is 5.73 Å². The third kappa shape index (κ3) is 2.39. The molecule has 100 valence electrons. The smallest absolute Gasteiger partial charge is 0.258 e. The van der Waals surface area contributed by atoms with Crippen molar-refractivity contribution in [2.45, 2.75) is 25.9 Å². The molecule has 0 amide bonds. The molecule has 0 unspecified atom stereocenters. The van der Waals surface area contributed by atoms with E-state index in [2.05, 4.69) is 14.9 Å². The topological polar surface area (TPSA) is 75.0 Å². The van der Waals surface area contributed by atoms with Crippen LogP contribution in [0.2, 0.25) is 0 Å². The van der Waals surface area contributed by atoms with Crippen LogP contribution < -0.4 is 11.3 Å². The molecule has 1 aliphatic heterocycles. The zero-order chi connectivity index (χ0) is 13.4. The van der Waals surface area contributed by atoms with Gasteiger partial charge in [-0.3, -0.25) is 9.69 Å². The van der Waals surface area contributed by atoms with Gasteiger partial charge < -0.3 is 10.7 Å². The molecule has 5 heteroatoms. The summed E-state index contributed by atoms with van der Waals surface area (Å²) in [5, 5.41) is 0.655. The second-order valence-corrected chi connectivity index (χ2v) is 5.27. The molecule has 3 N–H and O–H groups in total. The van der Waals surface area contributed by atoms with Crippen molar-refractivity contribution in [1.82, 2.24) is 14.9 Å². The van der Waals surface area contributed by atoms with Crippen molar-refractivity contribution < 1.29 is 0 Å². The molecule has 5 nitrogen and oxygen atoms in total. The fourth-order valence-electron chi connectivity index (χ4n) is 2.64. The first-order valence-electron chi connectivity index (χ1n) is 6.60. The van der Waals surface area contributed by atoms with E-state index in [0.29, 0.717) is 11.9 Å². The maximum absolute atomic E-state index is 12.1. The molecule has 0 radical (unpaired) electrons. The van der Waals surface area contributed by atoms with Crippen molar-refractivity contribution in [1.29, 1.82) is 0 Å². The van der Waals surface area contributed by atoms with E-state index in [1.807, 2.05) is 25.1 Å². The van der Waals surface area contributed by atoms with Crippen LogP contribution in [0.25, 0.3) is 10.9 Å². The number of likely N-dealkylation sites (tertiary alicyclic amines) is 1. The summed E-state index contributed by atoms with van der Waals surface area (Å²) in [6.07, 6.45) is 1.01. The monoisotopic (exact) mass is 258 g/mol. The Balaban J connectivity index is 1.97. The number of H-pyrrole nitrogens is 1. The Labute approximate surface area is 111 Å². The number of benzene rings is 1. The minimum absolute atomic E-state index is 0.0628. The first-order valence-corrected chi connectivity index (χ1v) is 6.60. The van der Waals surface area contributed by atoms with E-state index in [0.717, 1.165) is 36.4 Å². The lowest BCUT2D eigenvalue weighted by atomic mass is 10.1. The van der Waals surface area contributed by atoms with Crippen LogP contribution in [-0.2, 0) is 6.54 Å². The summed E-state index contributed by atoms with van der Waals surface area (Å²) in [6, 6.07) is 5.91. The quantitative estimate of drug-likeness (QED) is 0.834. The Morgan fingerprint density at radius 3 is 3.11 bits per heavy atom. The molecule has 1 atom stereocenters. The van der Waals surface area contributed by atoms with Crippen molar-refractivity contribution in [2.75, 3.05) is 13.1 Å². The van der Waals surface area contributed by atoms with Crippen LogP contribution in [0.3, 0.4) is 0 Å². The lowest BCUT2D eigenvalue weighted by Crippen LogP contribution is -2.27. The second kappa shape index (κ2) is 4.75. The Morgan fingerprint density at radius 1 is 1.53 bits per heavy atom. The number of rotatable bonds is 2. The highest BCUT2D eigenvalue weighted by molar-refractivity contribution is 5.80. The molecule has 1 aromatic carbocycles. The second-order valence-electron chi connectivity index (χ2n) is 5.27. The summed E-state index contributed by atoms with van der Waals surface area (Å²) in [6.45, 7) is 4.48. The van der Waals surface area contributed by atoms with Gasteiger partial charge in [-0.05, 0) is 25.0 Å². The summed E-state index contributed by atoms with van der Waals surface area (Å²) >= 11 is 0. The Morgan fingerprint density at radius 2 is 2.37 bits per heavy atom. The van der Waals surface area contributed by atoms with Crippen molar-refractivity contribution in [3.05, 3.63) is 39.9 Å². The number of nitrogens with one attached hydrogen (secondary N) is 1. The maximum Gasteiger partial charge on any atom is 0.258 e. The van der Waals surface area contributed by atoms with E-state index >= 15 is 0 Å². The number of nitrogens with zero attached hydrogens (tertiary/aromatic N) is 2. The lowest BCUT2D eigenvalue weighted by molar-refractivity contribution is 0.318. The average Bonchev–Trinajstić information content (AvgIpc) is 2.76. The molecule has 0 saturated carbocycles. The summed E-state index contributed by atoms with van der Waals surface area (Å²) in [5.74, 6) is 0.723. The molecular formula is C14H18N4O. The van der Waals surface area contributed by atoms with Gasteiger partial charge in [-0.1, -0.05) is 12.1 Å². The highest BCUT2D eigenvalue weighted by atomic mass is 16.1. The molecule has 0 aliphatic carbocycles. The predicted molar refractivity (Wildman–Crippen MR) is 75.0 cm³/mol. The first kappa shape index (κ1) is 12.3. The van der Waals surface area contributed by atoms with E-state index in [1.54, 1.807) is 0 Å². The number of hydrogen-bond acceptors (Lipinski definition) is 4. The minimum atomic E-state index is -0.0628. The van der Waals surface area contributed by atoms with Gasteiger partial charge in [-0.2, -0.15) is 0 Å². The standard InChI is InChI=1S/C14H18N4O/c1-9-3-2-4-11-13(9)16-12(17-14(11)19)8-18-6-5-10(15)7-18/h2-4,10H,5-8,15H2,1H3,(H,16,17,19)/t10-/m1/s1. The van der Waals surface area contributed by atoms with Crippen LogP contribution in [0.4, 0.5) is 0 Å². The Kier molecular flexibility index (Phi) is 3.08. The molecule has 0 spiro atoms.